The molecule has 0 spiro atoms. The zero-order valence-electron chi connectivity index (χ0n) is 8.70. The highest BCUT2D eigenvalue weighted by Gasteiger charge is 1.96. The van der Waals surface area contributed by atoms with Gasteiger partial charge in [-0.15, -0.1) is 0 Å². The molecular weight excluding hydrogens is 200 g/mol. The number of carboxylic acids is 1. The van der Waals surface area contributed by atoms with Crippen molar-refractivity contribution in [3.8, 4) is 0 Å². The van der Waals surface area contributed by atoms with Crippen LogP contribution in [0.1, 0.15) is 19.3 Å². The van der Waals surface area contributed by atoms with Gasteiger partial charge in [0, 0.05) is 13.0 Å². The first-order chi connectivity index (χ1) is 7.13. The van der Waals surface area contributed by atoms with E-state index in [4.69, 9.17) is 15.6 Å². The van der Waals surface area contributed by atoms with Crippen molar-refractivity contribution in [1.29, 1.82) is 0 Å². The first-order valence-corrected chi connectivity index (χ1v) is 4.91. The van der Waals surface area contributed by atoms with Gasteiger partial charge in [0.1, 0.15) is 6.61 Å². The summed E-state index contributed by atoms with van der Waals surface area (Å²) >= 11 is 0. The summed E-state index contributed by atoms with van der Waals surface area (Å²) in [7, 11) is 0. The van der Waals surface area contributed by atoms with Gasteiger partial charge in [-0.25, -0.2) is 0 Å². The van der Waals surface area contributed by atoms with E-state index in [0.717, 1.165) is 13.0 Å². The molecule has 0 aliphatic carbocycles. The monoisotopic (exact) mass is 218 g/mol. The van der Waals surface area contributed by atoms with Crippen molar-refractivity contribution in [2.24, 2.45) is 5.73 Å². The minimum absolute atomic E-state index is 0.0549. The number of primary amides is 1. The zero-order valence-corrected chi connectivity index (χ0v) is 8.70. The van der Waals surface area contributed by atoms with Crippen molar-refractivity contribution in [1.82, 2.24) is 5.32 Å². The molecular formula is C9H18N2O4. The summed E-state index contributed by atoms with van der Waals surface area (Å²) in [4.78, 5) is 20.4. The normalized spacial score (nSPS) is 10.1. The molecule has 6 heteroatoms. The van der Waals surface area contributed by atoms with Crippen LogP contribution in [0.2, 0.25) is 0 Å². The van der Waals surface area contributed by atoms with Crippen LogP contribution in [-0.2, 0) is 14.3 Å². The lowest BCUT2D eigenvalue weighted by Gasteiger charge is -2.04. The molecule has 0 radical (unpaired) electrons. The van der Waals surface area contributed by atoms with Crippen molar-refractivity contribution in [2.45, 2.75) is 19.3 Å². The van der Waals surface area contributed by atoms with Gasteiger partial charge in [-0.05, 0) is 19.4 Å². The van der Waals surface area contributed by atoms with Gasteiger partial charge >= 0.3 is 5.97 Å². The molecule has 0 aliphatic heterocycles. The average Bonchev–Trinajstić information content (AvgIpc) is 2.14. The van der Waals surface area contributed by atoms with Crippen molar-refractivity contribution in [3.63, 3.8) is 0 Å². The van der Waals surface area contributed by atoms with E-state index in [2.05, 4.69) is 5.32 Å². The van der Waals surface area contributed by atoms with Crippen LogP contribution in [-0.4, -0.2) is 43.3 Å². The number of rotatable bonds is 10. The largest absolute Gasteiger partial charge is 0.481 e. The third-order valence-corrected chi connectivity index (χ3v) is 1.66. The summed E-state index contributed by atoms with van der Waals surface area (Å²) in [6, 6.07) is 0. The molecule has 0 rings (SSSR count). The maximum Gasteiger partial charge on any atom is 0.303 e. The molecule has 0 aromatic carbocycles. The Hall–Kier alpha value is -1.14. The number of nitrogens with one attached hydrogen (secondary N) is 1. The molecule has 1 amide bonds. The number of hydrogen-bond donors (Lipinski definition) is 3. The second-order valence-corrected chi connectivity index (χ2v) is 3.12. The molecule has 0 aromatic rings. The number of amides is 1. The van der Waals surface area contributed by atoms with Crippen LogP contribution in [0, 0.1) is 0 Å². The molecule has 0 saturated carbocycles. The lowest BCUT2D eigenvalue weighted by Crippen LogP contribution is -2.24. The van der Waals surface area contributed by atoms with Crippen molar-refractivity contribution in [3.05, 3.63) is 0 Å². The van der Waals surface area contributed by atoms with E-state index in [1.54, 1.807) is 0 Å². The molecule has 0 aromatic heterocycles. The minimum atomic E-state index is -0.764. The Balaban J connectivity index is 2.99. The molecule has 0 atom stereocenters. The number of aliphatic carboxylic acids is 1. The van der Waals surface area contributed by atoms with E-state index in [1.807, 2.05) is 0 Å². The maximum absolute atomic E-state index is 10.3. The fourth-order valence-electron chi connectivity index (χ4n) is 0.968. The first-order valence-electron chi connectivity index (χ1n) is 4.91. The number of carbonyl (C=O) groups is 2. The number of unbranched alkanes of at least 4 members (excludes halogenated alkanes) is 1. The third-order valence-electron chi connectivity index (χ3n) is 1.66. The lowest BCUT2D eigenvalue weighted by molar-refractivity contribution is -0.137. The standard InChI is InChI=1S/C9H18N2O4/c10-8(12)7-15-6-5-11-4-2-1-3-9(13)14/h11H,1-7H2,(H2,10,12)(H,13,14). The Morgan fingerprint density at radius 2 is 2.00 bits per heavy atom. The lowest BCUT2D eigenvalue weighted by atomic mass is 10.2. The Labute approximate surface area is 88.8 Å². The second kappa shape index (κ2) is 9.42. The van der Waals surface area contributed by atoms with Crippen LogP contribution < -0.4 is 11.1 Å². The van der Waals surface area contributed by atoms with Gasteiger partial charge in [0.05, 0.1) is 6.61 Å². The van der Waals surface area contributed by atoms with E-state index in [1.165, 1.54) is 0 Å². The highest BCUT2D eigenvalue weighted by Crippen LogP contribution is 1.92. The van der Waals surface area contributed by atoms with E-state index in [0.29, 0.717) is 19.6 Å². The van der Waals surface area contributed by atoms with Crippen LogP contribution in [0.5, 0.6) is 0 Å². The predicted octanol–water partition coefficient (Wildman–Crippen LogP) is -0.667. The van der Waals surface area contributed by atoms with Gasteiger partial charge in [0.15, 0.2) is 0 Å². The van der Waals surface area contributed by atoms with Crippen LogP contribution in [0.4, 0.5) is 0 Å². The van der Waals surface area contributed by atoms with Crippen molar-refractivity contribution < 1.29 is 19.4 Å². The van der Waals surface area contributed by atoms with Gasteiger partial charge in [-0.2, -0.15) is 0 Å². The fraction of sp³-hybridized carbons (Fsp3) is 0.778. The number of carboxylic acid groups (broad SMARTS) is 1. The van der Waals surface area contributed by atoms with Crippen LogP contribution >= 0.6 is 0 Å². The smallest absolute Gasteiger partial charge is 0.303 e. The summed E-state index contributed by atoms with van der Waals surface area (Å²) in [6.07, 6.45) is 1.70. The molecule has 0 heterocycles. The molecule has 0 saturated heterocycles. The van der Waals surface area contributed by atoms with Crippen LogP contribution in [0.25, 0.3) is 0 Å². The van der Waals surface area contributed by atoms with E-state index in [-0.39, 0.29) is 13.0 Å². The summed E-state index contributed by atoms with van der Waals surface area (Å²) < 4.78 is 4.91. The van der Waals surface area contributed by atoms with Gasteiger partial charge < -0.3 is 20.9 Å². The SMILES string of the molecule is NC(=O)COCCNCCCCC(=O)O. The number of nitrogens with two attached hydrogens (primary N) is 1. The van der Waals surface area contributed by atoms with Crippen LogP contribution in [0.15, 0.2) is 0 Å². The van der Waals surface area contributed by atoms with Crippen LogP contribution in [0.3, 0.4) is 0 Å². The highest BCUT2D eigenvalue weighted by molar-refractivity contribution is 5.74. The Morgan fingerprint density at radius 3 is 2.60 bits per heavy atom. The van der Waals surface area contributed by atoms with E-state index < -0.39 is 11.9 Å². The molecule has 15 heavy (non-hydrogen) atoms. The Morgan fingerprint density at radius 1 is 1.27 bits per heavy atom. The third kappa shape index (κ3) is 12.9. The summed E-state index contributed by atoms with van der Waals surface area (Å²) in [6.45, 7) is 1.77. The van der Waals surface area contributed by atoms with Gasteiger partial charge in [0.2, 0.25) is 5.91 Å². The first kappa shape index (κ1) is 13.9. The van der Waals surface area contributed by atoms with Crippen molar-refractivity contribution in [2.75, 3.05) is 26.3 Å². The average molecular weight is 218 g/mol. The number of hydrogen-bond acceptors (Lipinski definition) is 4. The molecule has 6 nitrogen and oxygen atoms in total. The summed E-state index contributed by atoms with van der Waals surface area (Å²) in [5.74, 6) is -1.24. The quantitative estimate of drug-likeness (QED) is 0.422. The molecule has 88 valence electrons. The maximum atomic E-state index is 10.3. The van der Waals surface area contributed by atoms with Crippen molar-refractivity contribution >= 4 is 11.9 Å². The van der Waals surface area contributed by atoms with Gasteiger partial charge in [-0.1, -0.05) is 0 Å². The molecule has 0 bridgehead atoms. The zero-order chi connectivity index (χ0) is 11.5. The Bertz CT molecular complexity index is 177. The summed E-state index contributed by atoms with van der Waals surface area (Å²) in [5.41, 5.74) is 4.86. The Kier molecular flexibility index (Phi) is 8.70. The number of carbonyl (C=O) groups excluding carboxylic acids is 1. The molecule has 4 N–H and O–H groups in total. The topological polar surface area (TPSA) is 102 Å². The molecule has 0 aliphatic rings. The highest BCUT2D eigenvalue weighted by atomic mass is 16.5. The molecule has 0 unspecified atom stereocenters. The van der Waals surface area contributed by atoms with Gasteiger partial charge in [0.25, 0.3) is 0 Å². The minimum Gasteiger partial charge on any atom is -0.481 e. The van der Waals surface area contributed by atoms with E-state index >= 15 is 0 Å². The second-order valence-electron chi connectivity index (χ2n) is 3.12. The fourth-order valence-corrected chi connectivity index (χ4v) is 0.968. The number of ether oxygens (including phenoxy) is 1. The van der Waals surface area contributed by atoms with Gasteiger partial charge in [-0.3, -0.25) is 9.59 Å². The van der Waals surface area contributed by atoms with E-state index in [9.17, 15) is 9.59 Å². The summed E-state index contributed by atoms with van der Waals surface area (Å²) in [5, 5.41) is 11.4. The predicted molar refractivity (Wildman–Crippen MR) is 54.4 cm³/mol. The molecule has 0 fully saturated rings.